The van der Waals surface area contributed by atoms with Gasteiger partial charge >= 0.3 is 0 Å². The largest absolute Gasteiger partial charge is 0.477 e. The van der Waals surface area contributed by atoms with Crippen LogP contribution in [0.25, 0.3) is 0 Å². The van der Waals surface area contributed by atoms with Crippen LogP contribution >= 0.6 is 15.9 Å². The molecule has 2 saturated heterocycles. The van der Waals surface area contributed by atoms with Crippen LogP contribution in [0.2, 0.25) is 0 Å². The Morgan fingerprint density at radius 2 is 1.73 bits per heavy atom. The number of carbonyl (C=O) groups is 2. The average Bonchev–Trinajstić information content (AvgIpc) is 2.74. The van der Waals surface area contributed by atoms with Gasteiger partial charge in [-0.25, -0.2) is 10.4 Å². The van der Waals surface area contributed by atoms with E-state index in [0.29, 0.717) is 31.9 Å². The molecule has 2 aromatic rings. The van der Waals surface area contributed by atoms with Gasteiger partial charge in [0, 0.05) is 48.1 Å². The van der Waals surface area contributed by atoms with Crippen molar-refractivity contribution in [1.29, 1.82) is 0 Å². The molecule has 158 valence electrons. The normalized spacial score (nSPS) is 18.0. The highest BCUT2D eigenvalue weighted by Gasteiger charge is 2.25. The molecule has 0 aromatic heterocycles. The molecule has 0 atom stereocenters. The lowest BCUT2D eigenvalue weighted by Crippen LogP contribution is -2.55. The van der Waals surface area contributed by atoms with Crippen LogP contribution in [0.15, 0.2) is 53.0 Å². The summed E-state index contributed by atoms with van der Waals surface area (Å²) in [4.78, 5) is 28.2. The molecule has 4 rings (SSSR count). The first-order chi connectivity index (χ1) is 14.6. The maximum absolute atomic E-state index is 12.5. The van der Waals surface area contributed by atoms with Crippen LogP contribution in [0.3, 0.4) is 0 Å². The van der Waals surface area contributed by atoms with Gasteiger partial charge < -0.3 is 19.9 Å². The second-order valence-corrected chi connectivity index (χ2v) is 8.03. The lowest BCUT2D eigenvalue weighted by molar-refractivity contribution is -0.122. The number of hydrogen-bond acceptors (Lipinski definition) is 6. The molecule has 30 heavy (non-hydrogen) atoms. The molecule has 0 spiro atoms. The maximum atomic E-state index is 12.5. The fourth-order valence-electron chi connectivity index (χ4n) is 3.55. The summed E-state index contributed by atoms with van der Waals surface area (Å²) in [7, 11) is 0. The van der Waals surface area contributed by atoms with Gasteiger partial charge in [0.25, 0.3) is 0 Å². The van der Waals surface area contributed by atoms with E-state index in [0.717, 1.165) is 22.4 Å². The van der Waals surface area contributed by atoms with E-state index < -0.39 is 0 Å². The molecule has 0 radical (unpaired) electrons. The third-order valence-corrected chi connectivity index (χ3v) is 5.58. The number of carbonyl (C=O) groups excluding carboxylic acids is 2. The van der Waals surface area contributed by atoms with Crippen LogP contribution in [-0.2, 0) is 9.59 Å². The van der Waals surface area contributed by atoms with Gasteiger partial charge in [-0.3, -0.25) is 9.59 Å². The molecule has 0 bridgehead atoms. The Morgan fingerprint density at radius 1 is 0.967 bits per heavy atom. The summed E-state index contributed by atoms with van der Waals surface area (Å²) in [5.41, 5.74) is 4.88. The van der Waals surface area contributed by atoms with E-state index in [1.165, 1.54) is 0 Å². The Balaban J connectivity index is 1.28. The number of halogens is 1. The number of anilines is 2. The molecular formula is C21H24BrN5O3. The number of rotatable bonds is 6. The van der Waals surface area contributed by atoms with Gasteiger partial charge in [-0.15, -0.1) is 0 Å². The smallest absolute Gasteiger partial charge is 0.242 e. The van der Waals surface area contributed by atoms with Crippen LogP contribution in [0, 0.1) is 0 Å². The fourth-order valence-corrected chi connectivity index (χ4v) is 3.94. The van der Waals surface area contributed by atoms with Crippen LogP contribution in [0.5, 0.6) is 5.75 Å². The summed E-state index contributed by atoms with van der Waals surface area (Å²) in [6.07, 6.45) is 0. The number of hydrazine groups is 1. The first kappa shape index (κ1) is 20.8. The zero-order chi connectivity index (χ0) is 20.9. The van der Waals surface area contributed by atoms with Crippen LogP contribution in [-0.4, -0.2) is 62.8 Å². The van der Waals surface area contributed by atoms with E-state index in [4.69, 9.17) is 4.74 Å². The Hall–Kier alpha value is -2.46. The van der Waals surface area contributed by atoms with Gasteiger partial charge in [0.1, 0.15) is 5.75 Å². The van der Waals surface area contributed by atoms with Crippen molar-refractivity contribution in [2.75, 3.05) is 55.8 Å². The van der Waals surface area contributed by atoms with E-state index in [1.807, 2.05) is 53.5 Å². The zero-order valence-corrected chi connectivity index (χ0v) is 18.1. The quantitative estimate of drug-likeness (QED) is 0.620. The monoisotopic (exact) mass is 473 g/mol. The van der Waals surface area contributed by atoms with Crippen molar-refractivity contribution in [3.8, 4) is 5.75 Å². The highest BCUT2D eigenvalue weighted by Crippen LogP contribution is 2.23. The first-order valence-corrected chi connectivity index (χ1v) is 10.7. The minimum Gasteiger partial charge on any atom is -0.477 e. The highest BCUT2D eigenvalue weighted by molar-refractivity contribution is 9.10. The summed E-state index contributed by atoms with van der Waals surface area (Å²) < 4.78 is 6.75. The van der Waals surface area contributed by atoms with Crippen molar-refractivity contribution in [3.63, 3.8) is 0 Å². The number of amides is 2. The van der Waals surface area contributed by atoms with Gasteiger partial charge in [-0.2, -0.15) is 0 Å². The standard InChI is InChI=1S/C21H24BrN5O3/c22-16-3-1-4-17(11-16)27-10-9-25(14-21(27)29)24-15-30-19-6-2-5-18(12-19)26-8-7-23-13-20(26)28/h1-6,11-12,23-24H,7-10,13-15H2. The lowest BCUT2D eigenvalue weighted by atomic mass is 10.2. The molecule has 2 aromatic carbocycles. The zero-order valence-electron chi connectivity index (χ0n) is 16.5. The summed E-state index contributed by atoms with van der Waals surface area (Å²) in [6.45, 7) is 3.57. The molecule has 2 aliphatic rings. The summed E-state index contributed by atoms with van der Waals surface area (Å²) in [5, 5.41) is 4.93. The minimum atomic E-state index is 0.0334. The molecular weight excluding hydrogens is 450 g/mol. The molecule has 2 amide bonds. The highest BCUT2D eigenvalue weighted by atomic mass is 79.9. The molecule has 2 N–H and O–H groups in total. The lowest BCUT2D eigenvalue weighted by Gasteiger charge is -2.34. The van der Waals surface area contributed by atoms with Gasteiger partial charge in [0.05, 0.1) is 13.1 Å². The SMILES string of the molecule is O=C1CNCCN1c1cccc(OCNN2CCN(c3cccc(Br)c3)C(=O)C2)c1. The van der Waals surface area contributed by atoms with E-state index >= 15 is 0 Å². The third-order valence-electron chi connectivity index (χ3n) is 5.09. The van der Waals surface area contributed by atoms with Gasteiger partial charge in [-0.1, -0.05) is 28.1 Å². The van der Waals surface area contributed by atoms with Crippen molar-refractivity contribution >= 4 is 39.1 Å². The fraction of sp³-hybridized carbons (Fsp3) is 0.333. The molecule has 0 saturated carbocycles. The van der Waals surface area contributed by atoms with Crippen LogP contribution < -0.4 is 25.3 Å². The minimum absolute atomic E-state index is 0.0334. The molecule has 2 fully saturated rings. The predicted octanol–water partition coefficient (Wildman–Crippen LogP) is 1.57. The average molecular weight is 474 g/mol. The summed E-state index contributed by atoms with van der Waals surface area (Å²) >= 11 is 3.45. The van der Waals surface area contributed by atoms with Crippen molar-refractivity contribution in [3.05, 3.63) is 53.0 Å². The predicted molar refractivity (Wildman–Crippen MR) is 118 cm³/mol. The van der Waals surface area contributed by atoms with Crippen molar-refractivity contribution in [2.45, 2.75) is 0 Å². The van der Waals surface area contributed by atoms with Crippen molar-refractivity contribution in [1.82, 2.24) is 15.8 Å². The van der Waals surface area contributed by atoms with Gasteiger partial charge in [0.2, 0.25) is 11.8 Å². The third kappa shape index (κ3) is 4.99. The topological polar surface area (TPSA) is 77.2 Å². The van der Waals surface area contributed by atoms with E-state index in [9.17, 15) is 9.59 Å². The Bertz CT molecular complexity index is 925. The molecule has 8 nitrogen and oxygen atoms in total. The Labute approximate surface area is 183 Å². The Morgan fingerprint density at radius 3 is 2.50 bits per heavy atom. The second kappa shape index (κ2) is 9.57. The Kier molecular flexibility index (Phi) is 6.63. The maximum Gasteiger partial charge on any atom is 0.242 e. The number of hydrogen-bond donors (Lipinski definition) is 2. The van der Waals surface area contributed by atoms with E-state index in [2.05, 4.69) is 26.7 Å². The number of nitrogens with one attached hydrogen (secondary N) is 2. The summed E-state index contributed by atoms with van der Waals surface area (Å²) in [6, 6.07) is 15.2. The molecule has 2 aliphatic heterocycles. The molecule has 2 heterocycles. The molecule has 0 unspecified atom stereocenters. The number of ether oxygens (including phenoxy) is 1. The van der Waals surface area contributed by atoms with Crippen LogP contribution in [0.1, 0.15) is 0 Å². The van der Waals surface area contributed by atoms with Gasteiger partial charge in [0.15, 0.2) is 6.73 Å². The van der Waals surface area contributed by atoms with Crippen molar-refractivity contribution < 1.29 is 14.3 Å². The summed E-state index contributed by atoms with van der Waals surface area (Å²) in [5.74, 6) is 0.759. The first-order valence-electron chi connectivity index (χ1n) is 9.88. The number of benzene rings is 2. The molecule has 9 heteroatoms. The van der Waals surface area contributed by atoms with E-state index in [1.54, 1.807) is 9.80 Å². The number of nitrogens with zero attached hydrogens (tertiary/aromatic N) is 3. The van der Waals surface area contributed by atoms with Crippen LogP contribution in [0.4, 0.5) is 11.4 Å². The molecule has 0 aliphatic carbocycles. The number of piperazine rings is 2. The van der Waals surface area contributed by atoms with E-state index in [-0.39, 0.29) is 25.1 Å². The van der Waals surface area contributed by atoms with Crippen molar-refractivity contribution in [2.24, 2.45) is 0 Å². The van der Waals surface area contributed by atoms with Gasteiger partial charge in [-0.05, 0) is 30.3 Å². The second-order valence-electron chi connectivity index (χ2n) is 7.11.